The predicted molar refractivity (Wildman–Crippen MR) is 112 cm³/mol. The zero-order valence-corrected chi connectivity index (χ0v) is 15.7. The summed E-state index contributed by atoms with van der Waals surface area (Å²) in [6.07, 6.45) is 6.49. The van der Waals surface area contributed by atoms with E-state index in [1.165, 1.54) is 24.8 Å². The van der Waals surface area contributed by atoms with E-state index in [9.17, 15) is 4.79 Å². The molecule has 0 atom stereocenters. The van der Waals surface area contributed by atoms with Crippen LogP contribution in [0.1, 0.15) is 42.1 Å². The van der Waals surface area contributed by atoms with Crippen molar-refractivity contribution in [1.29, 1.82) is 0 Å². The number of aromatic nitrogens is 1. The van der Waals surface area contributed by atoms with E-state index in [4.69, 9.17) is 12.2 Å². The molecule has 134 valence electrons. The standard InChI is InChI=1S/C21H23N3OS/c1-2-3-4-7-15-10-12-16(13-11-15)23-21(26)24-20(25)18-14-22-19-9-6-5-8-17(18)19/h5-6,8-14,22H,2-4,7H2,1H3,(H2,23,24,25,26). The van der Waals surface area contributed by atoms with Crippen LogP contribution in [0.2, 0.25) is 0 Å². The van der Waals surface area contributed by atoms with Gasteiger partial charge in [-0.05, 0) is 48.8 Å². The second-order valence-electron chi connectivity index (χ2n) is 6.31. The molecule has 26 heavy (non-hydrogen) atoms. The largest absolute Gasteiger partial charge is 0.360 e. The van der Waals surface area contributed by atoms with Crippen molar-refractivity contribution in [3.05, 3.63) is 65.9 Å². The number of aromatic amines is 1. The van der Waals surface area contributed by atoms with Gasteiger partial charge in [-0.1, -0.05) is 50.1 Å². The number of benzene rings is 2. The van der Waals surface area contributed by atoms with Gasteiger partial charge in [0.05, 0.1) is 5.56 Å². The lowest BCUT2D eigenvalue weighted by Gasteiger charge is -2.10. The molecule has 5 heteroatoms. The molecule has 3 aromatic rings. The SMILES string of the molecule is CCCCCc1ccc(NC(=S)NC(=O)c2c[nH]c3ccccc23)cc1. The number of H-pyrrole nitrogens is 1. The van der Waals surface area contributed by atoms with Gasteiger partial charge in [0.2, 0.25) is 0 Å². The lowest BCUT2D eigenvalue weighted by molar-refractivity contribution is 0.0979. The molecule has 2 aromatic carbocycles. The van der Waals surface area contributed by atoms with Gasteiger partial charge in [-0.2, -0.15) is 0 Å². The zero-order chi connectivity index (χ0) is 18.4. The third-order valence-electron chi connectivity index (χ3n) is 4.34. The number of hydrogen-bond donors (Lipinski definition) is 3. The molecule has 4 nitrogen and oxygen atoms in total. The second kappa shape index (κ2) is 8.63. The van der Waals surface area contributed by atoms with E-state index in [-0.39, 0.29) is 5.91 Å². The van der Waals surface area contributed by atoms with E-state index >= 15 is 0 Å². The molecule has 3 rings (SSSR count). The van der Waals surface area contributed by atoms with Crippen LogP contribution >= 0.6 is 12.2 Å². The Hall–Kier alpha value is -2.66. The minimum atomic E-state index is -0.226. The van der Waals surface area contributed by atoms with Crippen LogP contribution in [0.4, 0.5) is 5.69 Å². The number of amides is 1. The predicted octanol–water partition coefficient (Wildman–Crippen LogP) is 5.03. The van der Waals surface area contributed by atoms with Crippen molar-refractivity contribution in [1.82, 2.24) is 10.3 Å². The number of para-hydroxylation sites is 1. The number of carbonyl (C=O) groups excluding carboxylic acids is 1. The van der Waals surface area contributed by atoms with Crippen LogP contribution in [0.15, 0.2) is 54.7 Å². The van der Waals surface area contributed by atoms with Crippen LogP contribution in [0, 0.1) is 0 Å². The highest BCUT2D eigenvalue weighted by Crippen LogP contribution is 2.17. The Morgan fingerprint density at radius 2 is 1.85 bits per heavy atom. The van der Waals surface area contributed by atoms with Crippen LogP contribution in [0.3, 0.4) is 0 Å². The van der Waals surface area contributed by atoms with Gasteiger partial charge in [0.1, 0.15) is 0 Å². The third-order valence-corrected chi connectivity index (χ3v) is 4.55. The van der Waals surface area contributed by atoms with Crippen LogP contribution in [-0.4, -0.2) is 16.0 Å². The first kappa shape index (κ1) is 18.1. The molecule has 0 aliphatic rings. The third kappa shape index (κ3) is 4.49. The fraction of sp³-hybridized carbons (Fsp3) is 0.238. The van der Waals surface area contributed by atoms with Crippen molar-refractivity contribution in [2.45, 2.75) is 32.6 Å². The smallest absolute Gasteiger partial charge is 0.259 e. The average molecular weight is 366 g/mol. The molecule has 0 aliphatic heterocycles. The molecule has 0 saturated heterocycles. The van der Waals surface area contributed by atoms with Gasteiger partial charge in [0.25, 0.3) is 5.91 Å². The Labute approximate surface area is 159 Å². The Morgan fingerprint density at radius 3 is 2.62 bits per heavy atom. The van der Waals surface area contributed by atoms with Crippen molar-refractivity contribution in [2.75, 3.05) is 5.32 Å². The molecule has 0 aliphatic carbocycles. The zero-order valence-electron chi connectivity index (χ0n) is 14.8. The van der Waals surface area contributed by atoms with Gasteiger partial charge in [0, 0.05) is 22.8 Å². The van der Waals surface area contributed by atoms with Crippen molar-refractivity contribution >= 4 is 39.8 Å². The summed E-state index contributed by atoms with van der Waals surface area (Å²) in [5.74, 6) is -0.226. The van der Waals surface area contributed by atoms with Crippen molar-refractivity contribution in [3.8, 4) is 0 Å². The Kier molecular flexibility index (Phi) is 6.02. The van der Waals surface area contributed by atoms with E-state index in [1.54, 1.807) is 6.20 Å². The van der Waals surface area contributed by atoms with E-state index in [1.807, 2.05) is 36.4 Å². The van der Waals surface area contributed by atoms with Crippen LogP contribution in [0.25, 0.3) is 10.9 Å². The van der Waals surface area contributed by atoms with Gasteiger partial charge in [-0.15, -0.1) is 0 Å². The fourth-order valence-corrected chi connectivity index (χ4v) is 3.14. The van der Waals surface area contributed by atoms with Gasteiger partial charge in [0.15, 0.2) is 5.11 Å². The maximum absolute atomic E-state index is 12.5. The molecular formula is C21H23N3OS. The maximum atomic E-state index is 12.5. The summed E-state index contributed by atoms with van der Waals surface area (Å²) in [7, 11) is 0. The lowest BCUT2D eigenvalue weighted by Crippen LogP contribution is -2.34. The molecule has 3 N–H and O–H groups in total. The number of hydrogen-bond acceptors (Lipinski definition) is 2. The van der Waals surface area contributed by atoms with Crippen molar-refractivity contribution < 1.29 is 4.79 Å². The van der Waals surface area contributed by atoms with Gasteiger partial charge in [-0.3, -0.25) is 10.1 Å². The Morgan fingerprint density at radius 1 is 1.08 bits per heavy atom. The van der Waals surface area contributed by atoms with Gasteiger partial charge < -0.3 is 10.3 Å². The van der Waals surface area contributed by atoms with Crippen LogP contribution in [-0.2, 0) is 6.42 Å². The molecule has 0 radical (unpaired) electrons. The van der Waals surface area contributed by atoms with Gasteiger partial charge >= 0.3 is 0 Å². The average Bonchev–Trinajstić information content (AvgIpc) is 3.07. The van der Waals surface area contributed by atoms with Crippen LogP contribution in [0.5, 0.6) is 0 Å². The monoisotopic (exact) mass is 365 g/mol. The number of anilines is 1. The molecule has 0 unspecified atom stereocenters. The summed E-state index contributed by atoms with van der Waals surface area (Å²) in [6.45, 7) is 2.21. The summed E-state index contributed by atoms with van der Waals surface area (Å²) in [4.78, 5) is 15.6. The minimum absolute atomic E-state index is 0.226. The molecule has 1 heterocycles. The number of rotatable bonds is 6. The number of aryl methyl sites for hydroxylation is 1. The van der Waals surface area contributed by atoms with E-state index in [0.717, 1.165) is 23.0 Å². The maximum Gasteiger partial charge on any atom is 0.259 e. The highest BCUT2D eigenvalue weighted by atomic mass is 32.1. The second-order valence-corrected chi connectivity index (χ2v) is 6.72. The molecular weight excluding hydrogens is 342 g/mol. The molecule has 1 amide bonds. The number of carbonyl (C=O) groups is 1. The quantitative estimate of drug-likeness (QED) is 0.424. The number of nitrogens with one attached hydrogen (secondary N) is 3. The molecule has 0 fully saturated rings. The van der Waals surface area contributed by atoms with E-state index < -0.39 is 0 Å². The van der Waals surface area contributed by atoms with E-state index in [0.29, 0.717) is 10.7 Å². The highest BCUT2D eigenvalue weighted by molar-refractivity contribution is 7.80. The Balaban J connectivity index is 1.57. The summed E-state index contributed by atoms with van der Waals surface area (Å²) in [5, 5.41) is 6.98. The molecule has 0 bridgehead atoms. The first-order valence-electron chi connectivity index (χ1n) is 8.94. The van der Waals surface area contributed by atoms with Crippen molar-refractivity contribution in [2.24, 2.45) is 0 Å². The topological polar surface area (TPSA) is 56.9 Å². The number of thiocarbonyl (C=S) groups is 1. The minimum Gasteiger partial charge on any atom is -0.360 e. The van der Waals surface area contributed by atoms with E-state index in [2.05, 4.69) is 34.7 Å². The number of fused-ring (bicyclic) bond motifs is 1. The van der Waals surface area contributed by atoms with Gasteiger partial charge in [-0.25, -0.2) is 0 Å². The Bertz CT molecular complexity index is 899. The van der Waals surface area contributed by atoms with Crippen LogP contribution < -0.4 is 10.6 Å². The van der Waals surface area contributed by atoms with Crippen molar-refractivity contribution in [3.63, 3.8) is 0 Å². The highest BCUT2D eigenvalue weighted by Gasteiger charge is 2.13. The summed E-state index contributed by atoms with van der Waals surface area (Å²) >= 11 is 5.27. The molecule has 1 aromatic heterocycles. The number of unbranched alkanes of at least 4 members (excludes halogenated alkanes) is 2. The normalized spacial score (nSPS) is 10.7. The lowest BCUT2D eigenvalue weighted by atomic mass is 10.1. The summed E-state index contributed by atoms with van der Waals surface area (Å²) in [5.41, 5.74) is 3.69. The first-order chi connectivity index (χ1) is 12.7. The summed E-state index contributed by atoms with van der Waals surface area (Å²) < 4.78 is 0. The molecule has 0 saturated carbocycles. The summed E-state index contributed by atoms with van der Waals surface area (Å²) in [6, 6.07) is 15.9. The first-order valence-corrected chi connectivity index (χ1v) is 9.35. The fourth-order valence-electron chi connectivity index (χ4n) is 2.93. The molecule has 0 spiro atoms.